The van der Waals surface area contributed by atoms with Crippen LogP contribution in [0.3, 0.4) is 0 Å². The van der Waals surface area contributed by atoms with E-state index in [4.69, 9.17) is 23.8 Å². The van der Waals surface area contributed by atoms with Crippen molar-refractivity contribution in [2.45, 2.75) is 76.0 Å². The third-order valence-corrected chi connectivity index (χ3v) is 11.1. The van der Waals surface area contributed by atoms with E-state index < -0.39 is 23.8 Å². The topological polar surface area (TPSA) is 119 Å². The van der Waals surface area contributed by atoms with Gasteiger partial charge in [-0.2, -0.15) is 0 Å². The van der Waals surface area contributed by atoms with Crippen LogP contribution in [0.15, 0.2) is 90.1 Å². The number of ether oxygens (including phenoxy) is 4. The van der Waals surface area contributed by atoms with Crippen LogP contribution in [-0.2, 0) is 14.3 Å². The summed E-state index contributed by atoms with van der Waals surface area (Å²) in [4.78, 5) is 20.8. The van der Waals surface area contributed by atoms with Crippen LogP contribution in [0, 0.1) is 17.8 Å². The van der Waals surface area contributed by atoms with Gasteiger partial charge < -0.3 is 34.0 Å². The van der Waals surface area contributed by atoms with Gasteiger partial charge in [-0.15, -0.1) is 6.58 Å². The molecular formula is C43H54N2O8. The second-order valence-corrected chi connectivity index (χ2v) is 14.2. The van der Waals surface area contributed by atoms with E-state index in [2.05, 4.69) is 42.1 Å². The number of fused-ring (bicyclic) bond motifs is 3. The smallest absolute Gasteiger partial charge is 0.409 e. The van der Waals surface area contributed by atoms with Gasteiger partial charge in [-0.1, -0.05) is 67.4 Å². The zero-order valence-corrected chi connectivity index (χ0v) is 31.2. The summed E-state index contributed by atoms with van der Waals surface area (Å²) in [5, 5.41) is 26.5. The predicted octanol–water partition coefficient (Wildman–Crippen LogP) is 8.37. The van der Waals surface area contributed by atoms with E-state index in [-0.39, 0.29) is 37.6 Å². The first-order chi connectivity index (χ1) is 25.9. The molecule has 3 aromatic carbocycles. The fourth-order valence-electron chi connectivity index (χ4n) is 8.92. The summed E-state index contributed by atoms with van der Waals surface area (Å²) >= 11 is 0. The van der Waals surface area contributed by atoms with E-state index in [9.17, 15) is 15.0 Å². The molecule has 1 heterocycles. The van der Waals surface area contributed by atoms with Crippen LogP contribution in [0.5, 0.6) is 17.2 Å². The van der Waals surface area contributed by atoms with Crippen LogP contribution in [0.25, 0.3) is 10.8 Å². The molecule has 0 aromatic heterocycles. The van der Waals surface area contributed by atoms with Crippen molar-refractivity contribution in [1.29, 1.82) is 0 Å². The number of unbranched alkanes of at least 4 members (excludes halogenated alkanes) is 2. The molecule has 284 valence electrons. The molecule has 0 saturated heterocycles. The largest absolute Gasteiger partial charge is 0.459 e. The quantitative estimate of drug-likeness (QED) is 0.0810. The molecule has 0 spiro atoms. The molecule has 0 unspecified atom stereocenters. The Labute approximate surface area is 313 Å². The van der Waals surface area contributed by atoms with Gasteiger partial charge in [-0.25, -0.2) is 4.79 Å². The molecule has 0 radical (unpaired) electrons. The Morgan fingerprint density at radius 2 is 1.74 bits per heavy atom. The number of benzene rings is 3. The summed E-state index contributed by atoms with van der Waals surface area (Å²) in [5.74, 6) is 0.472. The van der Waals surface area contributed by atoms with Gasteiger partial charge in [0.05, 0.1) is 25.3 Å². The highest BCUT2D eigenvalue weighted by Crippen LogP contribution is 2.62. The van der Waals surface area contributed by atoms with Crippen molar-refractivity contribution in [3.63, 3.8) is 0 Å². The molecule has 53 heavy (non-hydrogen) atoms. The molecule has 1 saturated carbocycles. The Balaban J connectivity index is 1.56. The molecule has 10 nitrogen and oxygen atoms in total. The van der Waals surface area contributed by atoms with Gasteiger partial charge in [0.15, 0.2) is 0 Å². The van der Waals surface area contributed by atoms with E-state index >= 15 is 0 Å². The zero-order chi connectivity index (χ0) is 37.4. The first kappa shape index (κ1) is 38.3. The Kier molecular flexibility index (Phi) is 12.8. The molecule has 3 aliphatic rings. The lowest BCUT2D eigenvalue weighted by Crippen LogP contribution is -2.70. The summed E-state index contributed by atoms with van der Waals surface area (Å²) in [5.41, 5.74) is 2.72. The van der Waals surface area contributed by atoms with Crippen LogP contribution in [0.4, 0.5) is 4.79 Å². The van der Waals surface area contributed by atoms with Crippen LogP contribution in [0.1, 0.15) is 69.8 Å². The number of hydrogen-bond acceptors (Lipinski definition) is 9. The lowest BCUT2D eigenvalue weighted by Gasteiger charge is -2.59. The molecule has 6 rings (SSSR count). The maximum atomic E-state index is 13.6. The second kappa shape index (κ2) is 17.6. The number of nitrogens with zero attached hydrogens (tertiary/aromatic N) is 2. The number of allylic oxidation sites excluding steroid dienone is 1. The molecule has 1 aliphatic heterocycles. The predicted molar refractivity (Wildman–Crippen MR) is 205 cm³/mol. The lowest BCUT2D eigenvalue weighted by atomic mass is 9.55. The number of aliphatic hydroxyl groups excluding tert-OH is 2. The van der Waals surface area contributed by atoms with Crippen molar-refractivity contribution < 1.29 is 38.8 Å². The highest BCUT2D eigenvalue weighted by Gasteiger charge is 2.65. The van der Waals surface area contributed by atoms with Crippen LogP contribution < -0.4 is 9.47 Å². The normalized spacial score (nSPS) is 25.1. The zero-order valence-electron chi connectivity index (χ0n) is 31.2. The van der Waals surface area contributed by atoms with Crippen molar-refractivity contribution in [2.24, 2.45) is 22.9 Å². The molecule has 3 aromatic rings. The number of aliphatic hydroxyl groups is 2. The van der Waals surface area contributed by atoms with Gasteiger partial charge in [0.25, 0.3) is 0 Å². The number of amides is 1. The number of oxime groups is 1. The Morgan fingerprint density at radius 1 is 1.00 bits per heavy atom. The molecule has 1 fully saturated rings. The first-order valence-electron chi connectivity index (χ1n) is 19.1. The van der Waals surface area contributed by atoms with Crippen LogP contribution in [-0.4, -0.2) is 79.3 Å². The maximum Gasteiger partial charge on any atom is 0.409 e. The van der Waals surface area contributed by atoms with Gasteiger partial charge in [-0.3, -0.25) is 4.90 Å². The third-order valence-electron chi connectivity index (χ3n) is 11.1. The summed E-state index contributed by atoms with van der Waals surface area (Å²) in [7, 11) is 2.94. The van der Waals surface area contributed by atoms with E-state index in [1.165, 1.54) is 7.11 Å². The van der Waals surface area contributed by atoms with Gasteiger partial charge in [0.1, 0.15) is 30.4 Å². The SMILES string of the molecule is C=CCO[C@@]12Oc3ccc(Oc4ccc5ccccc5c4)cc3[C@H]3[C@H](CCCCO)[C@@H](CCCCO)C=C(C(=NOC)C[C@@H]1N(CCC)C(=O)OC)[C@H]32. The first-order valence-corrected chi connectivity index (χ1v) is 19.1. The maximum absolute atomic E-state index is 13.6. The Bertz CT molecular complexity index is 1790. The van der Waals surface area contributed by atoms with Crippen molar-refractivity contribution in [1.82, 2.24) is 4.90 Å². The number of carbonyl (C=O) groups excluding carboxylic acids is 1. The summed E-state index contributed by atoms with van der Waals surface area (Å²) in [6.45, 7) is 6.87. The molecule has 1 amide bonds. The summed E-state index contributed by atoms with van der Waals surface area (Å²) in [6.07, 6.45) is 9.39. The number of carbonyl (C=O) groups is 1. The Morgan fingerprint density at radius 3 is 2.45 bits per heavy atom. The average molecular weight is 727 g/mol. The van der Waals surface area contributed by atoms with E-state index in [1.807, 2.05) is 43.3 Å². The molecule has 2 N–H and O–H groups in total. The van der Waals surface area contributed by atoms with Gasteiger partial charge in [0, 0.05) is 37.7 Å². The van der Waals surface area contributed by atoms with Crippen LogP contribution in [0.2, 0.25) is 0 Å². The molecule has 6 atom stereocenters. The van der Waals surface area contributed by atoms with Gasteiger partial charge in [-0.05, 0) is 90.6 Å². The summed E-state index contributed by atoms with van der Waals surface area (Å²) in [6, 6.07) is 19.7. The van der Waals surface area contributed by atoms with Crippen LogP contribution >= 0.6 is 0 Å². The molecule has 0 bridgehead atoms. The monoisotopic (exact) mass is 726 g/mol. The number of hydrogen-bond donors (Lipinski definition) is 2. The number of methoxy groups -OCH3 is 1. The minimum absolute atomic E-state index is 0.111. The Hall–Kier alpha value is -4.38. The molecular weight excluding hydrogens is 672 g/mol. The summed E-state index contributed by atoms with van der Waals surface area (Å²) < 4.78 is 26.1. The van der Waals surface area contributed by atoms with Crippen molar-refractivity contribution in [2.75, 3.05) is 40.6 Å². The van der Waals surface area contributed by atoms with Gasteiger partial charge in [0.2, 0.25) is 5.79 Å². The third kappa shape index (κ3) is 7.81. The van der Waals surface area contributed by atoms with Gasteiger partial charge >= 0.3 is 6.09 Å². The number of rotatable bonds is 17. The second-order valence-electron chi connectivity index (χ2n) is 14.2. The highest BCUT2D eigenvalue weighted by atomic mass is 16.7. The highest BCUT2D eigenvalue weighted by molar-refractivity contribution is 6.03. The van der Waals surface area contributed by atoms with E-state index in [0.717, 1.165) is 59.1 Å². The fraction of sp³-hybridized carbons (Fsp3) is 0.488. The van der Waals surface area contributed by atoms with E-state index in [1.54, 1.807) is 18.1 Å². The average Bonchev–Trinajstić information content (AvgIpc) is 3.18. The molecule has 2 aliphatic carbocycles. The molecule has 10 heteroatoms. The van der Waals surface area contributed by atoms with Crippen molar-refractivity contribution in [3.05, 3.63) is 90.5 Å². The van der Waals surface area contributed by atoms with Crippen molar-refractivity contribution in [3.8, 4) is 17.2 Å². The fourth-order valence-corrected chi connectivity index (χ4v) is 8.92. The van der Waals surface area contributed by atoms with Crippen molar-refractivity contribution >= 4 is 22.6 Å². The van der Waals surface area contributed by atoms with E-state index in [0.29, 0.717) is 43.7 Å². The standard InChI is InChI=1S/C43H54N2O8/c1-5-21-45(42(48)49-3)39-28-37(44-50-4)35-26-31(15-9-11-22-46)34(16-10-12-23-47)40-36-27-33(52-32-18-17-29-13-7-8-14-30(29)25-32)19-20-38(36)53-43(39,41(35)40)51-24-6-2/h6-8,13-14,17-20,25-27,31,34,39-41,46-47H,2,5,9-12,15-16,21-24,28H2,1,3-4H3/t31-,34+,39-,40+,41+,43+/m0/s1. The minimum Gasteiger partial charge on any atom is -0.459 e. The lowest BCUT2D eigenvalue weighted by molar-refractivity contribution is -0.255. The minimum atomic E-state index is -1.32.